The lowest BCUT2D eigenvalue weighted by Gasteiger charge is -2.03. The van der Waals surface area contributed by atoms with E-state index in [1.807, 2.05) is 0 Å². The van der Waals surface area contributed by atoms with Gasteiger partial charge in [0.1, 0.15) is 0 Å². The molecule has 0 amide bonds. The lowest BCUT2D eigenvalue weighted by molar-refractivity contribution is 0.601. The van der Waals surface area contributed by atoms with E-state index >= 15 is 0 Å². The maximum atomic E-state index is 5.32. The molecule has 0 aliphatic carbocycles. The van der Waals surface area contributed by atoms with Crippen LogP contribution in [0.5, 0.6) is 0 Å². The topological polar surface area (TPSA) is 43.3 Å². The van der Waals surface area contributed by atoms with E-state index in [-0.39, 0.29) is 0 Å². The number of hydrogen-bond acceptors (Lipinski definition) is 3. The van der Waals surface area contributed by atoms with Gasteiger partial charge >= 0.3 is 0 Å². The Morgan fingerprint density at radius 3 is 2.69 bits per heavy atom. The smallest absolute Gasteiger partial charge is 0.207 e. The summed E-state index contributed by atoms with van der Waals surface area (Å²) in [5.41, 5.74) is 1.29. The molecule has 0 radical (unpaired) electrons. The molecule has 1 heterocycles. The van der Waals surface area contributed by atoms with Crippen molar-refractivity contribution in [1.82, 2.24) is 4.57 Å². The predicted molar refractivity (Wildman–Crippen MR) is 56.4 cm³/mol. The summed E-state index contributed by atoms with van der Waals surface area (Å²) < 4.78 is 2.20. The second kappa shape index (κ2) is 4.46. The normalized spacial score (nSPS) is 12.4. The largest absolute Gasteiger partial charge is 0.320 e. The van der Waals surface area contributed by atoms with Gasteiger partial charge in [-0.15, -0.1) is 11.3 Å². The fourth-order valence-corrected chi connectivity index (χ4v) is 2.20. The molecule has 0 aliphatic heterocycles. The first-order valence-electron chi connectivity index (χ1n) is 4.61. The first kappa shape index (κ1) is 10.3. The van der Waals surface area contributed by atoms with E-state index < -0.39 is 0 Å². The highest BCUT2D eigenvalue weighted by atomic mass is 32.1. The quantitative estimate of drug-likeness (QED) is 0.585. The minimum atomic E-state index is 0.934. The van der Waals surface area contributed by atoms with E-state index in [0.717, 1.165) is 11.3 Å². The summed E-state index contributed by atoms with van der Waals surface area (Å²) in [7, 11) is 0. The lowest BCUT2D eigenvalue weighted by Crippen LogP contribution is -2.18. The number of hydrogen-bond donors (Lipinski definition) is 1. The van der Waals surface area contributed by atoms with Gasteiger partial charge in [-0.25, -0.2) is 0 Å². The minimum absolute atomic E-state index is 0.934. The fraction of sp³-hybridized carbons (Fsp3) is 0.667. The van der Waals surface area contributed by atoms with E-state index in [9.17, 15) is 0 Å². The predicted octanol–water partition coefficient (Wildman–Crippen LogP) is 1.74. The van der Waals surface area contributed by atoms with Gasteiger partial charge in [0, 0.05) is 17.1 Å². The molecule has 0 aromatic carbocycles. The molecule has 0 spiro atoms. The van der Waals surface area contributed by atoms with Gasteiger partial charge in [0.25, 0.3) is 0 Å². The molecule has 1 rings (SSSR count). The van der Waals surface area contributed by atoms with Gasteiger partial charge in [0.15, 0.2) is 0 Å². The van der Waals surface area contributed by atoms with E-state index in [4.69, 9.17) is 5.84 Å². The zero-order valence-electron chi connectivity index (χ0n) is 8.50. The highest BCUT2D eigenvalue weighted by Gasteiger charge is 2.04. The molecular formula is C9H17N3S. The van der Waals surface area contributed by atoms with Crippen molar-refractivity contribution in [2.45, 2.75) is 40.2 Å². The number of aromatic nitrogens is 1. The number of unbranched alkanes of at least 4 members (excludes halogenated alkanes) is 1. The summed E-state index contributed by atoms with van der Waals surface area (Å²) in [5.74, 6) is 5.32. The van der Waals surface area contributed by atoms with Crippen LogP contribution in [0.25, 0.3) is 0 Å². The lowest BCUT2D eigenvalue weighted by atomic mass is 10.3. The summed E-state index contributed by atoms with van der Waals surface area (Å²) in [5, 5.41) is 3.79. The maximum Gasteiger partial charge on any atom is 0.207 e. The van der Waals surface area contributed by atoms with Crippen molar-refractivity contribution >= 4 is 11.3 Å². The van der Waals surface area contributed by atoms with Crippen LogP contribution in [0, 0.1) is 13.8 Å². The zero-order valence-corrected chi connectivity index (χ0v) is 9.32. The van der Waals surface area contributed by atoms with E-state index in [1.165, 1.54) is 23.4 Å². The van der Waals surface area contributed by atoms with Gasteiger partial charge in [-0.05, 0) is 20.3 Å². The molecular weight excluding hydrogens is 182 g/mol. The molecule has 0 atom stereocenters. The molecule has 0 aliphatic rings. The molecule has 3 nitrogen and oxygen atoms in total. The Labute approximate surface area is 82.9 Å². The molecule has 1 aromatic heterocycles. The number of rotatable bonds is 3. The molecule has 4 heteroatoms. The van der Waals surface area contributed by atoms with Gasteiger partial charge in [-0.3, -0.25) is 0 Å². The van der Waals surface area contributed by atoms with Crippen LogP contribution >= 0.6 is 11.3 Å². The van der Waals surface area contributed by atoms with Crippen LogP contribution < -0.4 is 10.6 Å². The molecule has 74 valence electrons. The van der Waals surface area contributed by atoms with Crippen molar-refractivity contribution < 1.29 is 0 Å². The Bertz CT molecular complexity index is 335. The third-order valence-electron chi connectivity index (χ3n) is 2.24. The van der Waals surface area contributed by atoms with Crippen molar-refractivity contribution in [3.8, 4) is 0 Å². The van der Waals surface area contributed by atoms with Gasteiger partial charge in [-0.1, -0.05) is 13.3 Å². The Morgan fingerprint density at radius 1 is 1.46 bits per heavy atom. The number of aryl methyl sites for hydroxylation is 1. The first-order valence-corrected chi connectivity index (χ1v) is 5.43. The van der Waals surface area contributed by atoms with E-state index in [1.54, 1.807) is 11.3 Å². The van der Waals surface area contributed by atoms with Crippen LogP contribution in [0.3, 0.4) is 0 Å². The molecule has 1 aromatic rings. The number of nitrogens with two attached hydrogens (primary N) is 1. The van der Waals surface area contributed by atoms with Crippen molar-refractivity contribution in [3.05, 3.63) is 15.4 Å². The Kier molecular flexibility index (Phi) is 3.54. The van der Waals surface area contributed by atoms with Gasteiger partial charge in [-0.2, -0.15) is 5.10 Å². The highest BCUT2D eigenvalue weighted by molar-refractivity contribution is 7.09. The van der Waals surface area contributed by atoms with E-state index in [0.29, 0.717) is 0 Å². The summed E-state index contributed by atoms with van der Waals surface area (Å²) >= 11 is 1.66. The summed E-state index contributed by atoms with van der Waals surface area (Å²) in [6, 6.07) is 0. The van der Waals surface area contributed by atoms with Gasteiger partial charge in [0.2, 0.25) is 4.80 Å². The minimum Gasteiger partial charge on any atom is -0.320 e. The number of nitrogens with zero attached hydrogens (tertiary/aromatic N) is 2. The first-order chi connectivity index (χ1) is 6.20. The highest BCUT2D eigenvalue weighted by Crippen LogP contribution is 2.10. The van der Waals surface area contributed by atoms with Gasteiger partial charge in [0.05, 0.1) is 0 Å². The maximum absolute atomic E-state index is 5.32. The van der Waals surface area contributed by atoms with Crippen LogP contribution in [0.4, 0.5) is 0 Å². The standard InChI is InChI=1S/C9H17N3S/c1-4-5-6-12-7(2)8(3)13-9(12)11-10/h4-6,10H2,1-3H3. The second-order valence-corrected chi connectivity index (χ2v) is 4.34. The summed E-state index contributed by atoms with van der Waals surface area (Å²) in [4.78, 5) is 2.24. The van der Waals surface area contributed by atoms with Crippen LogP contribution in [0.2, 0.25) is 0 Å². The molecule has 13 heavy (non-hydrogen) atoms. The van der Waals surface area contributed by atoms with Crippen molar-refractivity contribution in [2.75, 3.05) is 0 Å². The molecule has 0 bridgehead atoms. The molecule has 0 saturated heterocycles. The van der Waals surface area contributed by atoms with Crippen LogP contribution in [0.1, 0.15) is 30.3 Å². The molecule has 0 fully saturated rings. The van der Waals surface area contributed by atoms with Gasteiger partial charge < -0.3 is 10.4 Å². The van der Waals surface area contributed by atoms with Crippen molar-refractivity contribution in [2.24, 2.45) is 10.9 Å². The van der Waals surface area contributed by atoms with E-state index in [2.05, 4.69) is 30.4 Å². The Morgan fingerprint density at radius 2 is 2.15 bits per heavy atom. The average Bonchev–Trinajstić information content (AvgIpc) is 2.40. The summed E-state index contributed by atoms with van der Waals surface area (Å²) in [6.45, 7) is 7.45. The third-order valence-corrected chi connectivity index (χ3v) is 3.35. The molecule has 0 unspecified atom stereocenters. The van der Waals surface area contributed by atoms with Crippen LogP contribution in [0.15, 0.2) is 5.10 Å². The Balaban J connectivity index is 3.03. The molecule has 0 saturated carbocycles. The monoisotopic (exact) mass is 199 g/mol. The van der Waals surface area contributed by atoms with Crippen molar-refractivity contribution in [3.63, 3.8) is 0 Å². The second-order valence-electron chi connectivity index (χ2n) is 3.16. The third kappa shape index (κ3) is 2.12. The summed E-state index contributed by atoms with van der Waals surface area (Å²) in [6.07, 6.45) is 2.38. The van der Waals surface area contributed by atoms with Crippen LogP contribution in [-0.4, -0.2) is 4.57 Å². The van der Waals surface area contributed by atoms with Crippen LogP contribution in [-0.2, 0) is 6.54 Å². The Hall–Kier alpha value is -0.770. The van der Waals surface area contributed by atoms with Crippen molar-refractivity contribution in [1.29, 1.82) is 0 Å². The number of thiazole rings is 1. The zero-order chi connectivity index (χ0) is 9.84. The molecule has 2 N–H and O–H groups in total. The SMILES string of the molecule is CCCCn1c(C)c(C)sc1=NN. The average molecular weight is 199 g/mol. The fourth-order valence-electron chi connectivity index (χ4n) is 1.28.